The van der Waals surface area contributed by atoms with Crippen LogP contribution in [0.3, 0.4) is 0 Å². The second-order valence-corrected chi connectivity index (χ2v) is 10.5. The van der Waals surface area contributed by atoms with E-state index in [2.05, 4.69) is 26.3 Å². The van der Waals surface area contributed by atoms with Gasteiger partial charge in [-0.05, 0) is 66.2 Å². The highest BCUT2D eigenvalue weighted by Crippen LogP contribution is 2.52. The average Bonchev–Trinajstić information content (AvgIpc) is 3.56. The van der Waals surface area contributed by atoms with Gasteiger partial charge in [-0.2, -0.15) is 10.1 Å². The fourth-order valence-corrected chi connectivity index (χ4v) is 5.84. The molecule has 2 aliphatic carbocycles. The van der Waals surface area contributed by atoms with E-state index >= 15 is 0 Å². The van der Waals surface area contributed by atoms with Gasteiger partial charge >= 0.3 is 0 Å². The molecule has 0 aromatic heterocycles. The molecule has 5 rings (SSSR count). The van der Waals surface area contributed by atoms with Crippen molar-refractivity contribution in [3.63, 3.8) is 0 Å². The van der Waals surface area contributed by atoms with Crippen molar-refractivity contribution < 1.29 is 23.9 Å². The maximum atomic E-state index is 12.9. The summed E-state index contributed by atoms with van der Waals surface area (Å²) in [4.78, 5) is 38.3. The van der Waals surface area contributed by atoms with Crippen molar-refractivity contribution in [2.75, 3.05) is 18.5 Å². The maximum absolute atomic E-state index is 12.9. The van der Waals surface area contributed by atoms with Crippen molar-refractivity contribution in [1.29, 1.82) is 0 Å². The summed E-state index contributed by atoms with van der Waals surface area (Å²) >= 11 is 10.0. The van der Waals surface area contributed by atoms with Gasteiger partial charge in [-0.15, -0.1) is 0 Å². The van der Waals surface area contributed by atoms with E-state index in [1.54, 1.807) is 25.1 Å². The van der Waals surface area contributed by atoms with Gasteiger partial charge in [0.05, 0.1) is 24.7 Å². The molecule has 37 heavy (non-hydrogen) atoms. The van der Waals surface area contributed by atoms with Gasteiger partial charge in [0.2, 0.25) is 0 Å². The number of carbonyl (C=O) groups excluding carboxylic acids is 3. The summed E-state index contributed by atoms with van der Waals surface area (Å²) in [5.41, 5.74) is 2.23. The summed E-state index contributed by atoms with van der Waals surface area (Å²) in [5.74, 6) is -0.835. The average molecular weight is 587 g/mol. The van der Waals surface area contributed by atoms with Crippen LogP contribution in [-0.4, -0.2) is 42.2 Å². The molecule has 2 aromatic rings. The van der Waals surface area contributed by atoms with E-state index in [-0.39, 0.29) is 58.8 Å². The Morgan fingerprint density at radius 3 is 2.43 bits per heavy atom. The number of rotatable bonds is 8. The second kappa shape index (κ2) is 10.3. The zero-order valence-electron chi connectivity index (χ0n) is 20.2. The smallest absolute Gasteiger partial charge is 0.262 e. The number of hydrogen-bond acceptors (Lipinski definition) is 6. The van der Waals surface area contributed by atoms with Crippen molar-refractivity contribution in [2.24, 2.45) is 28.8 Å². The van der Waals surface area contributed by atoms with Crippen LogP contribution in [0, 0.1) is 30.6 Å². The number of ether oxygens (including phenoxy) is 2. The number of carbonyl (C=O) groups is 3. The van der Waals surface area contributed by atoms with Crippen LogP contribution in [0.1, 0.15) is 24.5 Å². The fraction of sp³-hybridized carbons (Fsp3) is 0.333. The molecule has 1 aliphatic heterocycles. The Bertz CT molecular complexity index is 1300. The predicted molar refractivity (Wildman–Crippen MR) is 143 cm³/mol. The standard InChI is InChI=1S/C27H25BrClN3O5/c1-3-36-19-11-17(12-30-32-26(34)21-15-6-7-16(10-15)22(21)27(32)35)23(28)24(29)25(19)37-13-20(33)31-18-8-4-14(2)5-9-18/h4-9,11-12,15-16,21-22H,3,10,13H2,1-2H3,(H,31,33)/t15-,16-,21-,22+/m0/s1. The first-order valence-electron chi connectivity index (χ1n) is 12.0. The molecule has 10 heteroatoms. The molecule has 192 valence electrons. The highest BCUT2D eigenvalue weighted by Gasteiger charge is 2.59. The molecule has 4 atom stereocenters. The first-order valence-corrected chi connectivity index (χ1v) is 13.2. The summed E-state index contributed by atoms with van der Waals surface area (Å²) in [6.07, 6.45) is 6.33. The van der Waals surface area contributed by atoms with E-state index in [9.17, 15) is 14.4 Å². The minimum absolute atomic E-state index is 0.108. The third-order valence-electron chi connectivity index (χ3n) is 6.90. The van der Waals surface area contributed by atoms with Crippen LogP contribution < -0.4 is 14.8 Å². The first kappa shape index (κ1) is 25.5. The minimum atomic E-state index is -0.357. The number of hydrazone groups is 1. The molecule has 2 aromatic carbocycles. The van der Waals surface area contributed by atoms with E-state index in [0.29, 0.717) is 28.1 Å². The molecule has 1 heterocycles. The SMILES string of the molecule is CCOc1cc(C=NN2C(=O)[C@@H]3[C@H](C2=O)[C@H]2C=C[C@H]3C2)c(Br)c(Cl)c1OCC(=O)Nc1ccc(C)cc1. The van der Waals surface area contributed by atoms with Crippen molar-refractivity contribution >= 4 is 57.2 Å². The first-order chi connectivity index (χ1) is 17.8. The number of aryl methyl sites for hydroxylation is 1. The van der Waals surface area contributed by atoms with Crippen LogP contribution in [0.4, 0.5) is 5.69 Å². The fourth-order valence-electron chi connectivity index (χ4n) is 5.19. The van der Waals surface area contributed by atoms with Gasteiger partial charge < -0.3 is 14.8 Å². The van der Waals surface area contributed by atoms with Crippen molar-refractivity contribution in [1.82, 2.24) is 5.01 Å². The lowest BCUT2D eigenvalue weighted by Crippen LogP contribution is -2.28. The monoisotopic (exact) mass is 585 g/mol. The molecule has 0 spiro atoms. The third kappa shape index (κ3) is 4.78. The summed E-state index contributed by atoms with van der Waals surface area (Å²) in [7, 11) is 0. The van der Waals surface area contributed by atoms with Crippen LogP contribution in [0.15, 0.2) is 52.1 Å². The lowest BCUT2D eigenvalue weighted by molar-refractivity contribution is -0.140. The lowest BCUT2D eigenvalue weighted by Gasteiger charge is -2.16. The molecular weight excluding hydrogens is 562 g/mol. The molecule has 3 amide bonds. The van der Waals surface area contributed by atoms with Gasteiger partial charge in [0.1, 0.15) is 5.02 Å². The van der Waals surface area contributed by atoms with Gasteiger partial charge in [0, 0.05) is 15.7 Å². The number of hydrogen-bond donors (Lipinski definition) is 1. The normalized spacial score (nSPS) is 23.7. The number of halogens is 2. The highest BCUT2D eigenvalue weighted by atomic mass is 79.9. The molecule has 1 saturated carbocycles. The highest BCUT2D eigenvalue weighted by molar-refractivity contribution is 9.10. The molecule has 2 fully saturated rings. The molecule has 2 bridgehead atoms. The summed E-state index contributed by atoms with van der Waals surface area (Å²) < 4.78 is 11.9. The molecule has 8 nitrogen and oxygen atoms in total. The van der Waals surface area contributed by atoms with E-state index in [0.717, 1.165) is 17.0 Å². The summed E-state index contributed by atoms with van der Waals surface area (Å²) in [5, 5.41) is 8.14. The van der Waals surface area contributed by atoms with Gasteiger partial charge in [0.25, 0.3) is 17.7 Å². The maximum Gasteiger partial charge on any atom is 0.262 e. The predicted octanol–water partition coefficient (Wildman–Crippen LogP) is 4.97. The Morgan fingerprint density at radius 2 is 1.81 bits per heavy atom. The van der Waals surface area contributed by atoms with E-state index < -0.39 is 0 Å². The lowest BCUT2D eigenvalue weighted by atomic mass is 9.85. The Labute approximate surface area is 227 Å². The Morgan fingerprint density at radius 1 is 1.16 bits per heavy atom. The Hall–Kier alpha value is -3.17. The molecule has 0 radical (unpaired) electrons. The number of nitrogens with one attached hydrogen (secondary N) is 1. The van der Waals surface area contributed by atoms with Crippen LogP contribution in [-0.2, 0) is 14.4 Å². The van der Waals surface area contributed by atoms with E-state index in [1.165, 1.54) is 6.21 Å². The number of amides is 3. The van der Waals surface area contributed by atoms with Gasteiger partial charge in [0.15, 0.2) is 18.1 Å². The number of benzene rings is 2. The molecule has 1 saturated heterocycles. The molecule has 3 aliphatic rings. The Kier molecular flexibility index (Phi) is 7.09. The summed E-state index contributed by atoms with van der Waals surface area (Å²) in [6, 6.07) is 9.04. The van der Waals surface area contributed by atoms with Crippen molar-refractivity contribution in [3.05, 3.63) is 63.1 Å². The zero-order valence-corrected chi connectivity index (χ0v) is 22.6. The zero-order chi connectivity index (χ0) is 26.3. The van der Waals surface area contributed by atoms with E-state index in [1.807, 2.05) is 31.2 Å². The van der Waals surface area contributed by atoms with Crippen molar-refractivity contribution in [2.45, 2.75) is 20.3 Å². The molecule has 0 unspecified atom stereocenters. The second-order valence-electron chi connectivity index (χ2n) is 9.29. The number of fused-ring (bicyclic) bond motifs is 5. The van der Waals surface area contributed by atoms with Crippen LogP contribution >= 0.6 is 27.5 Å². The summed E-state index contributed by atoms with van der Waals surface area (Å²) in [6.45, 7) is 3.80. The Balaban J connectivity index is 1.32. The molecular formula is C27H25BrClN3O5. The number of nitrogens with zero attached hydrogens (tertiary/aromatic N) is 2. The third-order valence-corrected chi connectivity index (χ3v) is 8.34. The molecule has 1 N–H and O–H groups in total. The van der Waals surface area contributed by atoms with Crippen LogP contribution in [0.2, 0.25) is 5.02 Å². The van der Waals surface area contributed by atoms with Crippen LogP contribution in [0.5, 0.6) is 11.5 Å². The van der Waals surface area contributed by atoms with Crippen LogP contribution in [0.25, 0.3) is 0 Å². The largest absolute Gasteiger partial charge is 0.490 e. The quantitative estimate of drug-likeness (QED) is 0.268. The minimum Gasteiger partial charge on any atom is -0.490 e. The topological polar surface area (TPSA) is 97.3 Å². The van der Waals surface area contributed by atoms with Gasteiger partial charge in [-0.3, -0.25) is 14.4 Å². The van der Waals surface area contributed by atoms with E-state index in [4.69, 9.17) is 21.1 Å². The number of allylic oxidation sites excluding steroid dienone is 2. The number of anilines is 1. The van der Waals surface area contributed by atoms with Crippen molar-refractivity contribution in [3.8, 4) is 11.5 Å². The van der Waals surface area contributed by atoms with Gasteiger partial charge in [-0.25, -0.2) is 0 Å². The van der Waals surface area contributed by atoms with Gasteiger partial charge in [-0.1, -0.05) is 41.4 Å². The number of imide groups is 1.